The molecule has 2 rings (SSSR count). The van der Waals surface area contributed by atoms with Crippen LogP contribution in [0.3, 0.4) is 0 Å². The molecule has 8 heteroatoms. The van der Waals surface area contributed by atoms with Crippen LogP contribution in [-0.4, -0.2) is 33.1 Å². The lowest BCUT2D eigenvalue weighted by atomic mass is 9.84. The molecule has 0 saturated carbocycles. The Morgan fingerprint density at radius 1 is 1.33 bits per heavy atom. The predicted octanol–water partition coefficient (Wildman–Crippen LogP) is 2.42. The Kier molecular flexibility index (Phi) is 6.23. The number of fused-ring (bicyclic) bond motifs is 1. The molecule has 0 aromatic heterocycles. The minimum absolute atomic E-state index is 0. The van der Waals surface area contributed by atoms with Gasteiger partial charge in [-0.3, -0.25) is 4.57 Å². The van der Waals surface area contributed by atoms with E-state index in [-0.39, 0.29) is 24.5 Å². The normalized spacial score (nSPS) is 20.9. The Morgan fingerprint density at radius 2 is 2.00 bits per heavy atom. The number of nitrogens with one attached hydrogen (secondary N) is 1. The highest BCUT2D eigenvalue weighted by atomic mass is 35.5. The molecule has 1 heterocycles. The number of halogens is 1. The van der Waals surface area contributed by atoms with Gasteiger partial charge in [0.2, 0.25) is 0 Å². The van der Waals surface area contributed by atoms with E-state index in [1.54, 1.807) is 0 Å². The number of benzene rings is 1. The van der Waals surface area contributed by atoms with E-state index < -0.39 is 19.6 Å². The van der Waals surface area contributed by atoms with Crippen molar-refractivity contribution in [1.82, 2.24) is 0 Å². The van der Waals surface area contributed by atoms with E-state index in [1.165, 1.54) is 0 Å². The van der Waals surface area contributed by atoms with Crippen molar-refractivity contribution in [3.05, 3.63) is 29.8 Å². The summed E-state index contributed by atoms with van der Waals surface area (Å²) in [4.78, 5) is 28.9. The molecule has 0 amide bonds. The maximum atomic E-state index is 11.2. The maximum Gasteiger partial charge on any atom is 0.326 e. The lowest BCUT2D eigenvalue weighted by molar-refractivity contribution is -0.138. The number of carboxylic acids is 1. The first kappa shape index (κ1) is 18.0. The zero-order valence-corrected chi connectivity index (χ0v) is 13.0. The van der Waals surface area contributed by atoms with Gasteiger partial charge in [0.25, 0.3) is 0 Å². The first-order valence-electron chi connectivity index (χ1n) is 6.49. The third-order valence-corrected chi connectivity index (χ3v) is 4.45. The van der Waals surface area contributed by atoms with Crippen LogP contribution in [0.1, 0.15) is 30.7 Å². The number of aliphatic carboxylic acids is 1. The third kappa shape index (κ3) is 5.00. The van der Waals surface area contributed by atoms with Crippen LogP contribution in [0.4, 0.5) is 5.69 Å². The van der Waals surface area contributed by atoms with Crippen molar-refractivity contribution in [2.24, 2.45) is 0 Å². The molecule has 4 N–H and O–H groups in total. The lowest BCUT2D eigenvalue weighted by Crippen LogP contribution is -2.35. The Hall–Kier alpha value is -1.07. The molecule has 0 aliphatic carbocycles. The zero-order chi connectivity index (χ0) is 14.8. The van der Waals surface area contributed by atoms with Gasteiger partial charge >= 0.3 is 13.6 Å². The van der Waals surface area contributed by atoms with Gasteiger partial charge in [0.05, 0.1) is 0 Å². The summed E-state index contributed by atoms with van der Waals surface area (Å²) in [7, 11) is -3.98. The van der Waals surface area contributed by atoms with Gasteiger partial charge in [-0.15, -0.1) is 12.4 Å². The smallest absolute Gasteiger partial charge is 0.326 e. The van der Waals surface area contributed by atoms with E-state index in [1.807, 2.05) is 24.3 Å². The molecule has 0 saturated heterocycles. The standard InChI is InChI=1S/C13H18NO5P.ClH/c15-13(16)12-8-9(4-3-7-20(17,18)19)10-5-1-2-6-11(10)14-12;/h1-2,5-6,9,12,14H,3-4,7-8H2,(H,15,16)(H2,17,18,19);1H. The number of hydrogen-bond donors (Lipinski definition) is 4. The summed E-state index contributed by atoms with van der Waals surface area (Å²) in [6.07, 6.45) is 1.24. The Bertz CT molecular complexity index is 547. The molecule has 0 spiro atoms. The second kappa shape index (κ2) is 7.27. The van der Waals surface area contributed by atoms with Gasteiger partial charge in [0, 0.05) is 11.8 Å². The SMILES string of the molecule is Cl.O=C(O)C1CC(CCCP(=O)(O)O)c2ccccc2N1. The number of carboxylic acid groups (broad SMARTS) is 1. The Morgan fingerprint density at radius 3 is 2.62 bits per heavy atom. The average molecular weight is 336 g/mol. The first-order chi connectivity index (χ1) is 9.37. The molecule has 0 fully saturated rings. The molecule has 1 aliphatic heterocycles. The molecular formula is C13H19ClNO5P. The van der Waals surface area contributed by atoms with Crippen LogP contribution < -0.4 is 5.32 Å². The summed E-state index contributed by atoms with van der Waals surface area (Å²) in [5, 5.41) is 12.1. The van der Waals surface area contributed by atoms with Crippen molar-refractivity contribution in [2.75, 3.05) is 11.5 Å². The van der Waals surface area contributed by atoms with Crippen molar-refractivity contribution in [1.29, 1.82) is 0 Å². The van der Waals surface area contributed by atoms with Crippen molar-refractivity contribution in [3.63, 3.8) is 0 Å². The van der Waals surface area contributed by atoms with Crippen molar-refractivity contribution in [3.8, 4) is 0 Å². The second-order valence-electron chi connectivity index (χ2n) is 5.09. The lowest BCUT2D eigenvalue weighted by Gasteiger charge is -2.31. The van der Waals surface area contributed by atoms with Crippen LogP contribution in [0.5, 0.6) is 0 Å². The zero-order valence-electron chi connectivity index (χ0n) is 11.3. The Balaban J connectivity index is 0.00000220. The summed E-state index contributed by atoms with van der Waals surface area (Å²) < 4.78 is 10.9. The van der Waals surface area contributed by atoms with Crippen LogP contribution in [0, 0.1) is 0 Å². The number of hydrogen-bond acceptors (Lipinski definition) is 3. The number of anilines is 1. The van der Waals surface area contributed by atoms with Gasteiger partial charge in [-0.25, -0.2) is 4.79 Å². The van der Waals surface area contributed by atoms with Gasteiger partial charge in [-0.2, -0.15) is 0 Å². The van der Waals surface area contributed by atoms with Crippen molar-refractivity contribution < 1.29 is 24.3 Å². The molecule has 1 aromatic carbocycles. The molecule has 21 heavy (non-hydrogen) atoms. The minimum Gasteiger partial charge on any atom is -0.480 e. The number of carbonyl (C=O) groups is 1. The molecule has 2 atom stereocenters. The predicted molar refractivity (Wildman–Crippen MR) is 82.2 cm³/mol. The molecule has 6 nitrogen and oxygen atoms in total. The fourth-order valence-electron chi connectivity index (χ4n) is 2.62. The highest BCUT2D eigenvalue weighted by molar-refractivity contribution is 7.51. The summed E-state index contributed by atoms with van der Waals surface area (Å²) in [5.74, 6) is -0.889. The van der Waals surface area contributed by atoms with Gasteiger partial charge in [-0.05, 0) is 36.8 Å². The molecule has 1 aliphatic rings. The summed E-state index contributed by atoms with van der Waals surface area (Å²) >= 11 is 0. The summed E-state index contributed by atoms with van der Waals surface area (Å²) in [6, 6.07) is 6.84. The fourth-order valence-corrected chi connectivity index (χ4v) is 3.22. The van der Waals surface area contributed by atoms with Gasteiger partial charge in [0.15, 0.2) is 0 Å². The van der Waals surface area contributed by atoms with E-state index in [0.717, 1.165) is 11.3 Å². The molecular weight excluding hydrogens is 317 g/mol. The highest BCUT2D eigenvalue weighted by Crippen LogP contribution is 2.40. The van der Waals surface area contributed by atoms with Crippen LogP contribution in [-0.2, 0) is 9.36 Å². The third-order valence-electron chi connectivity index (χ3n) is 3.55. The number of rotatable bonds is 5. The van der Waals surface area contributed by atoms with Crippen molar-refractivity contribution in [2.45, 2.75) is 31.2 Å². The largest absolute Gasteiger partial charge is 0.480 e. The quantitative estimate of drug-likeness (QED) is 0.616. The van der Waals surface area contributed by atoms with E-state index in [2.05, 4.69) is 5.32 Å². The Labute approximate surface area is 129 Å². The van der Waals surface area contributed by atoms with Crippen LogP contribution in [0.15, 0.2) is 24.3 Å². The topological polar surface area (TPSA) is 107 Å². The van der Waals surface area contributed by atoms with E-state index >= 15 is 0 Å². The minimum atomic E-state index is -3.98. The maximum absolute atomic E-state index is 11.2. The molecule has 2 unspecified atom stereocenters. The van der Waals surface area contributed by atoms with E-state index in [0.29, 0.717) is 19.3 Å². The van der Waals surface area contributed by atoms with Crippen molar-refractivity contribution >= 4 is 31.7 Å². The van der Waals surface area contributed by atoms with Gasteiger partial charge < -0.3 is 20.2 Å². The van der Waals surface area contributed by atoms with E-state index in [9.17, 15) is 9.36 Å². The van der Waals surface area contributed by atoms with E-state index in [4.69, 9.17) is 14.9 Å². The average Bonchev–Trinajstić information content (AvgIpc) is 2.36. The van der Waals surface area contributed by atoms with Crippen LogP contribution in [0.25, 0.3) is 0 Å². The van der Waals surface area contributed by atoms with Crippen LogP contribution in [0.2, 0.25) is 0 Å². The number of para-hydroxylation sites is 1. The van der Waals surface area contributed by atoms with Crippen LogP contribution >= 0.6 is 20.0 Å². The molecule has 118 valence electrons. The molecule has 1 aromatic rings. The summed E-state index contributed by atoms with van der Waals surface area (Å²) in [6.45, 7) is 0. The molecule has 0 radical (unpaired) electrons. The highest BCUT2D eigenvalue weighted by Gasteiger charge is 2.30. The monoisotopic (exact) mass is 335 g/mol. The van der Waals surface area contributed by atoms with Gasteiger partial charge in [0.1, 0.15) is 6.04 Å². The fraction of sp³-hybridized carbons (Fsp3) is 0.462. The molecule has 0 bridgehead atoms. The first-order valence-corrected chi connectivity index (χ1v) is 8.29. The van der Waals surface area contributed by atoms with Gasteiger partial charge in [-0.1, -0.05) is 18.2 Å². The second-order valence-corrected chi connectivity index (χ2v) is 6.86. The summed E-state index contributed by atoms with van der Waals surface area (Å²) in [5.41, 5.74) is 1.82.